The van der Waals surface area contributed by atoms with E-state index in [1.807, 2.05) is 64.1 Å². The van der Waals surface area contributed by atoms with E-state index in [0.29, 0.717) is 6.54 Å². The molecule has 2 aromatic rings. The monoisotopic (exact) mass is 326 g/mol. The predicted octanol–water partition coefficient (Wildman–Crippen LogP) is 4.93. The Morgan fingerprint density at radius 1 is 0.917 bits per heavy atom. The lowest BCUT2D eigenvalue weighted by Gasteiger charge is -2.29. The Hall–Kier alpha value is -2.13. The van der Waals surface area contributed by atoms with Crippen LogP contribution in [0.1, 0.15) is 58.0 Å². The van der Waals surface area contributed by atoms with Crippen molar-refractivity contribution < 1.29 is 4.79 Å². The molecule has 0 saturated carbocycles. The van der Waals surface area contributed by atoms with Crippen LogP contribution in [0.4, 0.5) is 0 Å². The van der Waals surface area contributed by atoms with E-state index < -0.39 is 0 Å². The van der Waals surface area contributed by atoms with Gasteiger partial charge in [-0.3, -0.25) is 9.69 Å². The number of hydrogen-bond acceptors (Lipinski definition) is 2. The van der Waals surface area contributed by atoms with E-state index in [4.69, 9.17) is 0 Å². The van der Waals surface area contributed by atoms with Crippen molar-refractivity contribution in [3.8, 4) is 0 Å². The van der Waals surface area contributed by atoms with Gasteiger partial charge >= 0.3 is 0 Å². The Kier molecular flexibility index (Phi) is 8.80. The topological polar surface area (TPSA) is 32.3 Å². The molecule has 24 heavy (non-hydrogen) atoms. The minimum atomic E-state index is -0.0427. The highest BCUT2D eigenvalue weighted by Gasteiger charge is 2.34. The Labute approximate surface area is 146 Å². The molecule has 1 fully saturated rings. The number of carbonyl (C=O) groups excluding carboxylic acids is 1. The second-order valence-corrected chi connectivity index (χ2v) is 5.14. The summed E-state index contributed by atoms with van der Waals surface area (Å²) >= 11 is 0. The molecule has 0 aromatic heterocycles. The lowest BCUT2D eigenvalue weighted by Crippen LogP contribution is -2.30. The van der Waals surface area contributed by atoms with Crippen molar-refractivity contribution in [3.63, 3.8) is 0 Å². The minimum absolute atomic E-state index is 0.0427. The summed E-state index contributed by atoms with van der Waals surface area (Å²) in [6.07, 6.45) is -0.0427. The van der Waals surface area contributed by atoms with Crippen LogP contribution in [0.5, 0.6) is 0 Å². The molecule has 2 aromatic carbocycles. The van der Waals surface area contributed by atoms with Crippen LogP contribution in [0.25, 0.3) is 0 Å². The second kappa shape index (κ2) is 10.6. The Morgan fingerprint density at radius 3 is 1.96 bits per heavy atom. The molecule has 0 radical (unpaired) electrons. The molecule has 1 saturated heterocycles. The van der Waals surface area contributed by atoms with Gasteiger partial charge in [-0.05, 0) is 18.1 Å². The summed E-state index contributed by atoms with van der Waals surface area (Å²) in [5.74, 6) is 0.0848. The van der Waals surface area contributed by atoms with E-state index in [1.165, 1.54) is 5.56 Å². The highest BCUT2D eigenvalue weighted by atomic mass is 16.2. The third-order valence-electron chi connectivity index (χ3n) is 3.85. The highest BCUT2D eigenvalue weighted by Crippen LogP contribution is 2.31. The molecule has 0 spiro atoms. The van der Waals surface area contributed by atoms with Crippen molar-refractivity contribution in [2.75, 3.05) is 6.54 Å². The first-order chi connectivity index (χ1) is 11.8. The van der Waals surface area contributed by atoms with E-state index in [-0.39, 0.29) is 18.1 Å². The maximum Gasteiger partial charge on any atom is 0.235 e. The predicted molar refractivity (Wildman–Crippen MR) is 102 cm³/mol. The minimum Gasteiger partial charge on any atom is -0.335 e. The SMILES string of the molecule is CC.CC.CC(c1ccccc1)N1CC(=O)NC1c1ccccc1. The third kappa shape index (κ3) is 4.93. The lowest BCUT2D eigenvalue weighted by atomic mass is 10.1. The molecule has 3 rings (SSSR count). The maximum absolute atomic E-state index is 11.8. The van der Waals surface area contributed by atoms with Crippen LogP contribution < -0.4 is 5.32 Å². The molecule has 1 aliphatic rings. The quantitative estimate of drug-likeness (QED) is 0.867. The van der Waals surface area contributed by atoms with Gasteiger partial charge in [0, 0.05) is 6.04 Å². The number of amides is 1. The zero-order chi connectivity index (χ0) is 17.9. The van der Waals surface area contributed by atoms with Gasteiger partial charge < -0.3 is 5.32 Å². The molecule has 0 aliphatic carbocycles. The zero-order valence-electron chi connectivity index (χ0n) is 15.5. The Balaban J connectivity index is 0.000000671. The molecular weight excluding hydrogens is 296 g/mol. The van der Waals surface area contributed by atoms with Crippen molar-refractivity contribution in [2.45, 2.75) is 46.8 Å². The summed E-state index contributed by atoms with van der Waals surface area (Å²) in [5.41, 5.74) is 2.35. The van der Waals surface area contributed by atoms with E-state index in [0.717, 1.165) is 5.56 Å². The molecular formula is C21H30N2O. The van der Waals surface area contributed by atoms with E-state index in [2.05, 4.69) is 41.4 Å². The molecule has 0 bridgehead atoms. The highest BCUT2D eigenvalue weighted by molar-refractivity contribution is 5.80. The number of benzene rings is 2. The van der Waals surface area contributed by atoms with Crippen LogP contribution in [0.15, 0.2) is 60.7 Å². The van der Waals surface area contributed by atoms with Gasteiger partial charge in [-0.25, -0.2) is 0 Å². The molecule has 1 N–H and O–H groups in total. The first-order valence-electron chi connectivity index (χ1n) is 8.91. The van der Waals surface area contributed by atoms with E-state index in [1.54, 1.807) is 0 Å². The lowest BCUT2D eigenvalue weighted by molar-refractivity contribution is -0.118. The number of nitrogens with one attached hydrogen (secondary N) is 1. The van der Waals surface area contributed by atoms with Crippen LogP contribution in [0.3, 0.4) is 0 Å². The first kappa shape index (κ1) is 19.9. The summed E-state index contributed by atoms with van der Waals surface area (Å²) in [7, 11) is 0. The summed E-state index contributed by atoms with van der Waals surface area (Å²) in [5, 5.41) is 3.06. The summed E-state index contributed by atoms with van der Waals surface area (Å²) in [6.45, 7) is 10.6. The smallest absolute Gasteiger partial charge is 0.235 e. The van der Waals surface area contributed by atoms with Crippen molar-refractivity contribution in [3.05, 3.63) is 71.8 Å². The van der Waals surface area contributed by atoms with Crippen molar-refractivity contribution in [1.29, 1.82) is 0 Å². The Bertz CT molecular complexity index is 583. The van der Waals surface area contributed by atoms with Gasteiger partial charge in [0.2, 0.25) is 5.91 Å². The van der Waals surface area contributed by atoms with Crippen LogP contribution in [-0.2, 0) is 4.79 Å². The molecule has 2 atom stereocenters. The number of carbonyl (C=O) groups is 1. The van der Waals surface area contributed by atoms with Gasteiger partial charge in [-0.1, -0.05) is 88.4 Å². The standard InChI is InChI=1S/C17H18N2O.2C2H6/c1-13(14-8-4-2-5-9-14)19-12-16(20)18-17(19)15-10-6-3-7-11-15;2*1-2/h2-11,13,17H,12H2,1H3,(H,18,20);2*1-2H3. The van der Waals surface area contributed by atoms with Gasteiger partial charge in [0.1, 0.15) is 6.17 Å². The largest absolute Gasteiger partial charge is 0.335 e. The third-order valence-corrected chi connectivity index (χ3v) is 3.85. The second-order valence-electron chi connectivity index (χ2n) is 5.14. The number of hydrogen-bond donors (Lipinski definition) is 1. The van der Waals surface area contributed by atoms with Gasteiger partial charge in [0.25, 0.3) is 0 Å². The Morgan fingerprint density at radius 2 is 1.42 bits per heavy atom. The molecule has 2 unspecified atom stereocenters. The van der Waals surface area contributed by atoms with E-state index >= 15 is 0 Å². The van der Waals surface area contributed by atoms with Gasteiger partial charge in [-0.2, -0.15) is 0 Å². The van der Waals surface area contributed by atoms with Gasteiger partial charge in [0.05, 0.1) is 6.54 Å². The van der Waals surface area contributed by atoms with Crippen LogP contribution in [-0.4, -0.2) is 17.4 Å². The van der Waals surface area contributed by atoms with E-state index in [9.17, 15) is 4.79 Å². The number of rotatable bonds is 3. The fraction of sp³-hybridized carbons (Fsp3) is 0.381. The molecule has 1 amide bonds. The molecule has 3 nitrogen and oxygen atoms in total. The van der Waals surface area contributed by atoms with Crippen molar-refractivity contribution >= 4 is 5.91 Å². The van der Waals surface area contributed by atoms with Gasteiger partial charge in [-0.15, -0.1) is 0 Å². The van der Waals surface area contributed by atoms with Crippen molar-refractivity contribution in [1.82, 2.24) is 10.2 Å². The molecule has 130 valence electrons. The summed E-state index contributed by atoms with van der Waals surface area (Å²) < 4.78 is 0. The zero-order valence-corrected chi connectivity index (χ0v) is 15.5. The average molecular weight is 326 g/mol. The van der Waals surface area contributed by atoms with Crippen LogP contribution >= 0.6 is 0 Å². The molecule has 1 aliphatic heterocycles. The van der Waals surface area contributed by atoms with Crippen LogP contribution in [0.2, 0.25) is 0 Å². The average Bonchev–Trinajstić information content (AvgIpc) is 3.07. The molecule has 1 heterocycles. The maximum atomic E-state index is 11.8. The van der Waals surface area contributed by atoms with Crippen molar-refractivity contribution in [2.24, 2.45) is 0 Å². The first-order valence-corrected chi connectivity index (χ1v) is 8.91. The molecule has 3 heteroatoms. The number of nitrogens with zero attached hydrogens (tertiary/aromatic N) is 1. The fourth-order valence-corrected chi connectivity index (χ4v) is 2.73. The fourth-order valence-electron chi connectivity index (χ4n) is 2.73. The normalized spacial score (nSPS) is 17.7. The summed E-state index contributed by atoms with van der Waals surface area (Å²) in [4.78, 5) is 14.0. The van der Waals surface area contributed by atoms with Gasteiger partial charge in [0.15, 0.2) is 0 Å². The summed E-state index contributed by atoms with van der Waals surface area (Å²) in [6, 6.07) is 20.6. The van der Waals surface area contributed by atoms with Crippen LogP contribution in [0, 0.1) is 0 Å².